The van der Waals surface area contributed by atoms with Crippen molar-refractivity contribution in [3.8, 4) is 0 Å². The first-order valence-electron chi connectivity index (χ1n) is 12.4. The van der Waals surface area contributed by atoms with Gasteiger partial charge in [-0.1, -0.05) is 26.7 Å². The van der Waals surface area contributed by atoms with Gasteiger partial charge in [-0.05, 0) is 102 Å². The van der Waals surface area contributed by atoms with Crippen LogP contribution < -0.4 is 0 Å². The molecule has 0 saturated heterocycles. The van der Waals surface area contributed by atoms with Crippen LogP contribution >= 0.6 is 0 Å². The van der Waals surface area contributed by atoms with Crippen LogP contribution in [0.2, 0.25) is 0 Å². The summed E-state index contributed by atoms with van der Waals surface area (Å²) in [6.45, 7) is 12.7. The first-order chi connectivity index (χ1) is 13.4. The van der Waals surface area contributed by atoms with Gasteiger partial charge in [0.1, 0.15) is 6.10 Å². The minimum absolute atomic E-state index is 0.118. The Labute approximate surface area is 178 Å². The number of fused-ring (bicyclic) bond motifs is 5. The topological polar surface area (TPSA) is 46.5 Å². The van der Waals surface area contributed by atoms with Crippen molar-refractivity contribution in [2.75, 3.05) is 0 Å². The van der Waals surface area contributed by atoms with E-state index in [-0.39, 0.29) is 23.4 Å². The summed E-state index contributed by atoms with van der Waals surface area (Å²) in [6.07, 6.45) is 12.1. The molecule has 0 bridgehead atoms. The van der Waals surface area contributed by atoms with E-state index in [1.807, 2.05) is 20.8 Å². The van der Waals surface area contributed by atoms with Crippen molar-refractivity contribution in [2.45, 2.75) is 117 Å². The van der Waals surface area contributed by atoms with E-state index >= 15 is 0 Å². The molecule has 29 heavy (non-hydrogen) atoms. The lowest BCUT2D eigenvalue weighted by Gasteiger charge is -2.63. The van der Waals surface area contributed by atoms with E-state index in [0.29, 0.717) is 17.3 Å². The molecule has 4 aliphatic carbocycles. The fourth-order valence-corrected chi connectivity index (χ4v) is 8.48. The van der Waals surface area contributed by atoms with E-state index in [4.69, 9.17) is 4.74 Å². The van der Waals surface area contributed by atoms with Crippen LogP contribution in [0, 0.1) is 39.9 Å². The highest BCUT2D eigenvalue weighted by molar-refractivity contribution is 5.75. The summed E-state index contributed by atoms with van der Waals surface area (Å²) in [5.74, 6) is 2.11. The van der Waals surface area contributed by atoms with Crippen molar-refractivity contribution in [2.24, 2.45) is 39.9 Å². The van der Waals surface area contributed by atoms with Gasteiger partial charge >= 0.3 is 5.97 Å². The van der Waals surface area contributed by atoms with Crippen LogP contribution in [0.3, 0.4) is 0 Å². The predicted octanol–water partition coefficient (Wildman–Crippen LogP) is 6.13. The molecule has 3 heteroatoms. The van der Waals surface area contributed by atoms with E-state index in [2.05, 4.69) is 20.8 Å². The van der Waals surface area contributed by atoms with Gasteiger partial charge in [0.05, 0.1) is 11.0 Å². The third-order valence-electron chi connectivity index (χ3n) is 10.3. The molecule has 2 unspecified atom stereocenters. The molecule has 0 aromatic rings. The van der Waals surface area contributed by atoms with Crippen LogP contribution in [0.15, 0.2) is 0 Å². The average Bonchev–Trinajstić information content (AvgIpc) is 2.92. The van der Waals surface area contributed by atoms with E-state index in [0.717, 1.165) is 25.2 Å². The summed E-state index contributed by atoms with van der Waals surface area (Å²) in [5.41, 5.74) is -0.770. The second-order valence-electron chi connectivity index (χ2n) is 12.6. The fraction of sp³-hybridized carbons (Fsp3) is 0.962. The maximum Gasteiger partial charge on any atom is 0.311 e. The van der Waals surface area contributed by atoms with Gasteiger partial charge in [0, 0.05) is 11.3 Å². The fourth-order valence-electron chi connectivity index (χ4n) is 8.48. The van der Waals surface area contributed by atoms with Crippen LogP contribution in [0.4, 0.5) is 0 Å². The zero-order chi connectivity index (χ0) is 21.2. The largest absolute Gasteiger partial charge is 0.462 e. The van der Waals surface area contributed by atoms with Crippen molar-refractivity contribution in [3.63, 3.8) is 0 Å². The number of rotatable bonds is 2. The van der Waals surface area contributed by atoms with Crippen molar-refractivity contribution in [1.29, 1.82) is 0 Å². The van der Waals surface area contributed by atoms with Gasteiger partial charge in [-0.3, -0.25) is 4.79 Å². The molecule has 4 aliphatic rings. The second kappa shape index (κ2) is 6.97. The van der Waals surface area contributed by atoms with E-state index < -0.39 is 11.0 Å². The molecular formula is C26H44O3. The number of hydrogen-bond acceptors (Lipinski definition) is 3. The maximum absolute atomic E-state index is 12.5. The molecule has 0 radical (unpaired) electrons. The standard InChI is InChI=1S/C26H44O3/c1-17(29-22(27)23(2,3)4)19-13-16-26(28)21-11-10-18-9-7-8-14-24(18,5)20(21)12-15-25(19,26)6/h17-21,28H,7-16H2,1-6H3/t17?,18?,19-,20+,21-,24+,25-,26-/m1/s1. The predicted molar refractivity (Wildman–Crippen MR) is 116 cm³/mol. The van der Waals surface area contributed by atoms with Crippen molar-refractivity contribution in [1.82, 2.24) is 0 Å². The van der Waals surface area contributed by atoms with Gasteiger partial charge in [-0.15, -0.1) is 0 Å². The van der Waals surface area contributed by atoms with Gasteiger partial charge < -0.3 is 9.84 Å². The van der Waals surface area contributed by atoms with E-state index in [9.17, 15) is 9.90 Å². The van der Waals surface area contributed by atoms with Crippen LogP contribution in [0.25, 0.3) is 0 Å². The third-order valence-corrected chi connectivity index (χ3v) is 10.3. The lowest BCUT2D eigenvalue weighted by Crippen LogP contribution is -2.62. The molecule has 0 aromatic heterocycles. The Morgan fingerprint density at radius 1 is 0.966 bits per heavy atom. The van der Waals surface area contributed by atoms with Crippen LogP contribution in [-0.2, 0) is 9.53 Å². The smallest absolute Gasteiger partial charge is 0.311 e. The number of ether oxygens (including phenoxy) is 1. The quantitative estimate of drug-likeness (QED) is 0.563. The summed E-state index contributed by atoms with van der Waals surface area (Å²) in [5, 5.41) is 12.2. The minimum atomic E-state index is -0.589. The normalized spacial score (nSPS) is 48.2. The summed E-state index contributed by atoms with van der Waals surface area (Å²) < 4.78 is 5.95. The van der Waals surface area contributed by atoms with Crippen molar-refractivity contribution >= 4 is 5.97 Å². The first kappa shape index (κ1) is 21.7. The molecule has 0 heterocycles. The molecule has 0 spiro atoms. The summed E-state index contributed by atoms with van der Waals surface area (Å²) >= 11 is 0. The van der Waals surface area contributed by atoms with Gasteiger partial charge in [-0.2, -0.15) is 0 Å². The summed E-state index contributed by atoms with van der Waals surface area (Å²) in [4.78, 5) is 12.5. The molecule has 4 rings (SSSR count). The second-order valence-corrected chi connectivity index (χ2v) is 12.6. The van der Waals surface area contributed by atoms with E-state index in [1.165, 1.54) is 44.9 Å². The van der Waals surface area contributed by atoms with E-state index in [1.54, 1.807) is 0 Å². The first-order valence-corrected chi connectivity index (χ1v) is 12.4. The highest BCUT2D eigenvalue weighted by Crippen LogP contribution is 2.69. The van der Waals surface area contributed by atoms with Crippen molar-refractivity contribution in [3.05, 3.63) is 0 Å². The molecule has 8 atom stereocenters. The average molecular weight is 405 g/mol. The Balaban J connectivity index is 1.57. The van der Waals surface area contributed by atoms with Crippen LogP contribution in [0.5, 0.6) is 0 Å². The molecule has 4 fully saturated rings. The number of hydrogen-bond donors (Lipinski definition) is 1. The molecule has 0 aliphatic heterocycles. The number of carbonyl (C=O) groups is 1. The Bertz CT molecular complexity index is 651. The number of carbonyl (C=O) groups excluding carboxylic acids is 1. The van der Waals surface area contributed by atoms with Gasteiger partial charge in [0.25, 0.3) is 0 Å². The highest BCUT2D eigenvalue weighted by Gasteiger charge is 2.67. The monoisotopic (exact) mass is 404 g/mol. The summed E-state index contributed by atoms with van der Waals surface area (Å²) in [6, 6.07) is 0. The Morgan fingerprint density at radius 3 is 2.38 bits per heavy atom. The highest BCUT2D eigenvalue weighted by atomic mass is 16.5. The third kappa shape index (κ3) is 3.12. The lowest BCUT2D eigenvalue weighted by molar-refractivity contribution is -0.214. The van der Waals surface area contributed by atoms with Gasteiger partial charge in [-0.25, -0.2) is 0 Å². The van der Waals surface area contributed by atoms with Crippen molar-refractivity contribution < 1.29 is 14.6 Å². The molecule has 0 aromatic carbocycles. The molecular weight excluding hydrogens is 360 g/mol. The Kier molecular flexibility index (Phi) is 5.20. The SMILES string of the molecule is CC(OC(=O)C(C)(C)C)[C@H]1CC[C@@]2(O)[C@@H]3CCC4CCCC[C@]4(C)[C@H]3CC[C@]12C. The van der Waals surface area contributed by atoms with Crippen LogP contribution in [-0.4, -0.2) is 22.8 Å². The molecule has 166 valence electrons. The van der Waals surface area contributed by atoms with Crippen LogP contribution in [0.1, 0.15) is 106 Å². The van der Waals surface area contributed by atoms with Gasteiger partial charge in [0.2, 0.25) is 0 Å². The molecule has 1 N–H and O–H groups in total. The zero-order valence-corrected chi connectivity index (χ0v) is 19.7. The molecule has 3 nitrogen and oxygen atoms in total. The maximum atomic E-state index is 12.5. The molecule has 4 saturated carbocycles. The Hall–Kier alpha value is -0.570. The van der Waals surface area contributed by atoms with Gasteiger partial charge in [0.15, 0.2) is 0 Å². The Morgan fingerprint density at radius 2 is 1.69 bits per heavy atom. The minimum Gasteiger partial charge on any atom is -0.462 e. The lowest BCUT2D eigenvalue weighted by atomic mass is 9.43. The number of aliphatic hydroxyl groups is 1. The zero-order valence-electron chi connectivity index (χ0n) is 19.7. The molecule has 0 amide bonds. The number of esters is 1. The summed E-state index contributed by atoms with van der Waals surface area (Å²) in [7, 11) is 0.